The number of urea groups is 1. The minimum Gasteiger partial charge on any atom is -0.313 e. The maximum atomic E-state index is 13.0. The molecule has 146 valence electrons. The summed E-state index contributed by atoms with van der Waals surface area (Å²) in [4.78, 5) is 27.4. The molecule has 2 aromatic carbocycles. The number of carbonyl (C=O) groups excluding carboxylic acids is 1. The fraction of sp³-hybridized carbons (Fsp3) is 0.304. The van der Waals surface area contributed by atoms with Crippen molar-refractivity contribution in [2.24, 2.45) is 5.92 Å². The molecule has 3 rings (SSSR count). The third-order valence-electron chi connectivity index (χ3n) is 4.83. The largest absolute Gasteiger partial charge is 0.326 e. The van der Waals surface area contributed by atoms with Gasteiger partial charge in [0.15, 0.2) is 0 Å². The van der Waals surface area contributed by atoms with Gasteiger partial charge in [0.25, 0.3) is 5.56 Å². The second kappa shape index (κ2) is 7.89. The minimum absolute atomic E-state index is 0.0369. The molecule has 0 fully saturated rings. The SMILES string of the molecule is Cc1ccc(C)c(N(C)C(=O)Nc2cn(CC(C)C)c(=O)c3ccccc23)c1. The average Bonchev–Trinajstić information content (AvgIpc) is 2.66. The highest BCUT2D eigenvalue weighted by molar-refractivity contribution is 6.07. The molecule has 0 aliphatic carbocycles. The van der Waals surface area contributed by atoms with Crippen LogP contribution in [0.1, 0.15) is 25.0 Å². The predicted octanol–water partition coefficient (Wildman–Crippen LogP) is 4.94. The average molecular weight is 377 g/mol. The highest BCUT2D eigenvalue weighted by Gasteiger charge is 2.16. The molecule has 2 amide bonds. The highest BCUT2D eigenvalue weighted by Crippen LogP contribution is 2.24. The molecular weight excluding hydrogens is 350 g/mol. The van der Waals surface area contributed by atoms with E-state index >= 15 is 0 Å². The fourth-order valence-electron chi connectivity index (χ4n) is 3.36. The van der Waals surface area contributed by atoms with E-state index in [1.807, 2.05) is 50.2 Å². The van der Waals surface area contributed by atoms with E-state index in [0.29, 0.717) is 23.5 Å². The van der Waals surface area contributed by atoms with Gasteiger partial charge in [0.1, 0.15) is 0 Å². The second-order valence-corrected chi connectivity index (χ2v) is 7.72. The van der Waals surface area contributed by atoms with Crippen LogP contribution in [-0.4, -0.2) is 17.6 Å². The molecule has 28 heavy (non-hydrogen) atoms. The summed E-state index contributed by atoms with van der Waals surface area (Å²) in [6.07, 6.45) is 1.75. The number of anilines is 2. The van der Waals surface area contributed by atoms with Gasteiger partial charge in [-0.05, 0) is 43.0 Å². The lowest BCUT2D eigenvalue weighted by molar-refractivity contribution is 0.258. The Labute approximate surface area is 165 Å². The normalized spacial score (nSPS) is 11.1. The number of amides is 2. The quantitative estimate of drug-likeness (QED) is 0.700. The maximum absolute atomic E-state index is 13.0. The molecule has 0 bridgehead atoms. The van der Waals surface area contributed by atoms with Crippen LogP contribution in [0.15, 0.2) is 53.5 Å². The van der Waals surface area contributed by atoms with E-state index in [9.17, 15) is 9.59 Å². The molecule has 5 nitrogen and oxygen atoms in total. The monoisotopic (exact) mass is 377 g/mol. The third kappa shape index (κ3) is 3.93. The summed E-state index contributed by atoms with van der Waals surface area (Å²) in [5, 5.41) is 4.35. The van der Waals surface area contributed by atoms with Crippen molar-refractivity contribution in [1.82, 2.24) is 4.57 Å². The summed E-state index contributed by atoms with van der Waals surface area (Å²) in [7, 11) is 1.75. The van der Waals surface area contributed by atoms with Gasteiger partial charge < -0.3 is 9.88 Å². The Morgan fingerprint density at radius 3 is 2.46 bits per heavy atom. The molecule has 0 aliphatic rings. The maximum Gasteiger partial charge on any atom is 0.326 e. The number of nitrogens with one attached hydrogen (secondary N) is 1. The van der Waals surface area contributed by atoms with Crippen molar-refractivity contribution in [2.45, 2.75) is 34.2 Å². The van der Waals surface area contributed by atoms with Crippen molar-refractivity contribution >= 4 is 28.2 Å². The van der Waals surface area contributed by atoms with E-state index in [0.717, 1.165) is 22.2 Å². The van der Waals surface area contributed by atoms with Crippen LogP contribution in [0.4, 0.5) is 16.2 Å². The summed E-state index contributed by atoms with van der Waals surface area (Å²) in [6.45, 7) is 8.71. The first kappa shape index (κ1) is 19.7. The summed E-state index contributed by atoms with van der Waals surface area (Å²) in [5.74, 6) is 0.319. The molecule has 0 aliphatic heterocycles. The van der Waals surface area contributed by atoms with E-state index in [1.165, 1.54) is 0 Å². The summed E-state index contributed by atoms with van der Waals surface area (Å²) in [5.41, 5.74) is 3.58. The van der Waals surface area contributed by atoms with Crippen LogP contribution in [0.25, 0.3) is 10.8 Å². The van der Waals surface area contributed by atoms with Crippen LogP contribution < -0.4 is 15.8 Å². The summed E-state index contributed by atoms with van der Waals surface area (Å²) < 4.78 is 1.68. The van der Waals surface area contributed by atoms with Crippen molar-refractivity contribution in [3.8, 4) is 0 Å². The van der Waals surface area contributed by atoms with E-state index in [1.54, 1.807) is 28.8 Å². The molecular formula is C23H27N3O2. The van der Waals surface area contributed by atoms with Gasteiger partial charge in [-0.15, -0.1) is 0 Å². The van der Waals surface area contributed by atoms with Crippen molar-refractivity contribution in [3.05, 3.63) is 70.1 Å². The zero-order valence-corrected chi connectivity index (χ0v) is 17.1. The van der Waals surface area contributed by atoms with Crippen LogP contribution in [-0.2, 0) is 6.54 Å². The fourth-order valence-corrected chi connectivity index (χ4v) is 3.36. The molecule has 1 heterocycles. The van der Waals surface area contributed by atoms with Gasteiger partial charge >= 0.3 is 6.03 Å². The van der Waals surface area contributed by atoms with E-state index in [2.05, 4.69) is 19.2 Å². The molecule has 0 radical (unpaired) electrons. The van der Waals surface area contributed by atoms with Gasteiger partial charge in [-0.2, -0.15) is 0 Å². The highest BCUT2D eigenvalue weighted by atomic mass is 16.2. The number of nitrogens with zero attached hydrogens (tertiary/aromatic N) is 2. The Morgan fingerprint density at radius 1 is 1.11 bits per heavy atom. The van der Waals surface area contributed by atoms with Gasteiger partial charge in [0.05, 0.1) is 5.69 Å². The zero-order chi connectivity index (χ0) is 20.4. The van der Waals surface area contributed by atoms with Crippen molar-refractivity contribution < 1.29 is 4.79 Å². The van der Waals surface area contributed by atoms with Crippen molar-refractivity contribution in [2.75, 3.05) is 17.3 Å². The number of rotatable bonds is 4. The lowest BCUT2D eigenvalue weighted by Gasteiger charge is -2.22. The summed E-state index contributed by atoms with van der Waals surface area (Å²) in [6, 6.07) is 13.2. The Hall–Kier alpha value is -3.08. The Morgan fingerprint density at radius 2 is 1.79 bits per heavy atom. The number of pyridine rings is 1. The first-order valence-electron chi connectivity index (χ1n) is 9.52. The van der Waals surface area contributed by atoms with Crippen molar-refractivity contribution in [3.63, 3.8) is 0 Å². The van der Waals surface area contributed by atoms with Crippen LogP contribution in [0.3, 0.4) is 0 Å². The second-order valence-electron chi connectivity index (χ2n) is 7.72. The number of hydrogen-bond acceptors (Lipinski definition) is 2. The van der Waals surface area contributed by atoms with Crippen LogP contribution in [0.2, 0.25) is 0 Å². The van der Waals surface area contributed by atoms with Crippen molar-refractivity contribution in [1.29, 1.82) is 0 Å². The Kier molecular flexibility index (Phi) is 5.54. The Bertz CT molecular complexity index is 1080. The topological polar surface area (TPSA) is 54.3 Å². The number of aryl methyl sites for hydroxylation is 2. The lowest BCUT2D eigenvalue weighted by Crippen LogP contribution is -2.32. The van der Waals surface area contributed by atoms with Crippen LogP contribution in [0, 0.1) is 19.8 Å². The number of benzene rings is 2. The molecule has 1 aromatic heterocycles. The molecule has 0 unspecified atom stereocenters. The molecule has 0 atom stereocenters. The van der Waals surface area contributed by atoms with Gasteiger partial charge in [-0.1, -0.05) is 44.2 Å². The number of hydrogen-bond donors (Lipinski definition) is 1. The third-order valence-corrected chi connectivity index (χ3v) is 4.83. The number of aromatic nitrogens is 1. The van der Waals surface area contributed by atoms with E-state index < -0.39 is 0 Å². The lowest BCUT2D eigenvalue weighted by atomic mass is 10.1. The smallest absolute Gasteiger partial charge is 0.313 e. The standard InChI is InChI=1S/C23H27N3O2/c1-15(2)13-26-14-20(18-8-6-7-9-19(18)22(26)27)24-23(28)25(5)21-12-16(3)10-11-17(21)4/h6-12,14-15H,13H2,1-5H3,(H,24,28). The van der Waals surface area contributed by atoms with Gasteiger partial charge in [0, 0.05) is 36.2 Å². The zero-order valence-electron chi connectivity index (χ0n) is 17.1. The van der Waals surface area contributed by atoms with Gasteiger partial charge in [-0.25, -0.2) is 4.79 Å². The minimum atomic E-state index is -0.242. The van der Waals surface area contributed by atoms with Crippen LogP contribution >= 0.6 is 0 Å². The molecule has 1 N–H and O–H groups in total. The molecule has 0 saturated carbocycles. The Balaban J connectivity index is 2.01. The number of fused-ring (bicyclic) bond motifs is 1. The predicted molar refractivity (Wildman–Crippen MR) is 116 cm³/mol. The van der Waals surface area contributed by atoms with Gasteiger partial charge in [0.2, 0.25) is 0 Å². The first-order valence-corrected chi connectivity index (χ1v) is 9.52. The molecule has 0 saturated heterocycles. The molecule has 0 spiro atoms. The van der Waals surface area contributed by atoms with Gasteiger partial charge in [-0.3, -0.25) is 9.69 Å². The van der Waals surface area contributed by atoms with Crippen LogP contribution in [0.5, 0.6) is 0 Å². The first-order chi connectivity index (χ1) is 13.3. The molecule has 3 aromatic rings. The van der Waals surface area contributed by atoms with E-state index in [-0.39, 0.29) is 11.6 Å². The summed E-state index contributed by atoms with van der Waals surface area (Å²) >= 11 is 0. The van der Waals surface area contributed by atoms with E-state index in [4.69, 9.17) is 0 Å². The molecule has 5 heteroatoms. The number of carbonyl (C=O) groups is 1.